The summed E-state index contributed by atoms with van der Waals surface area (Å²) in [4.78, 5) is 23.6. The van der Waals surface area contributed by atoms with Crippen molar-refractivity contribution in [2.45, 2.75) is 13.0 Å². The zero-order valence-electron chi connectivity index (χ0n) is 14.2. The van der Waals surface area contributed by atoms with Crippen molar-refractivity contribution in [1.29, 1.82) is 0 Å². The summed E-state index contributed by atoms with van der Waals surface area (Å²) in [5.74, 6) is -0.486. The van der Waals surface area contributed by atoms with Gasteiger partial charge in [-0.1, -0.05) is 18.2 Å². The van der Waals surface area contributed by atoms with E-state index in [1.54, 1.807) is 6.92 Å². The second kappa shape index (κ2) is 7.60. The molecule has 0 aliphatic rings. The first-order valence-corrected chi connectivity index (χ1v) is 7.86. The second-order valence-electron chi connectivity index (χ2n) is 5.43. The lowest BCUT2D eigenvalue weighted by atomic mass is 10.1. The van der Waals surface area contributed by atoms with Crippen molar-refractivity contribution in [2.24, 2.45) is 0 Å². The minimum atomic E-state index is -0.715. The molecular formula is C19H16N2O5. The van der Waals surface area contributed by atoms with Crippen LogP contribution in [0.5, 0.6) is 0 Å². The van der Waals surface area contributed by atoms with Gasteiger partial charge in [0.25, 0.3) is 5.89 Å². The number of esters is 2. The smallest absolute Gasteiger partial charge is 0.338 e. The van der Waals surface area contributed by atoms with Crippen LogP contribution in [-0.2, 0) is 9.47 Å². The fraction of sp³-hybridized carbons (Fsp3) is 0.158. The molecule has 3 aromatic rings. The van der Waals surface area contributed by atoms with E-state index in [1.807, 2.05) is 30.3 Å². The largest absolute Gasteiger partial charge is 0.465 e. The number of carbonyl (C=O) groups is 2. The van der Waals surface area contributed by atoms with E-state index >= 15 is 0 Å². The first-order chi connectivity index (χ1) is 12.6. The first kappa shape index (κ1) is 17.3. The molecule has 0 aliphatic carbocycles. The second-order valence-corrected chi connectivity index (χ2v) is 5.43. The SMILES string of the molecule is COC(=O)c1ccc(C(=O)O[C@H](C)c2nnc(-c3ccccc3)o2)cc1. The van der Waals surface area contributed by atoms with Crippen molar-refractivity contribution in [1.82, 2.24) is 10.2 Å². The number of ether oxygens (including phenoxy) is 2. The van der Waals surface area contributed by atoms with Gasteiger partial charge in [0.2, 0.25) is 5.89 Å². The summed E-state index contributed by atoms with van der Waals surface area (Å²) in [6.45, 7) is 1.64. The highest BCUT2D eigenvalue weighted by Crippen LogP contribution is 2.23. The van der Waals surface area contributed by atoms with Crippen molar-refractivity contribution in [3.05, 3.63) is 71.6 Å². The van der Waals surface area contributed by atoms with Crippen LogP contribution in [0.3, 0.4) is 0 Å². The predicted octanol–water partition coefficient (Wildman–Crippen LogP) is 3.44. The monoisotopic (exact) mass is 352 g/mol. The van der Waals surface area contributed by atoms with E-state index in [4.69, 9.17) is 9.15 Å². The van der Waals surface area contributed by atoms with Crippen LogP contribution < -0.4 is 0 Å². The quantitative estimate of drug-likeness (QED) is 0.649. The lowest BCUT2D eigenvalue weighted by Gasteiger charge is -2.09. The molecule has 0 radical (unpaired) electrons. The van der Waals surface area contributed by atoms with E-state index in [0.29, 0.717) is 17.0 Å². The van der Waals surface area contributed by atoms with Crippen LogP contribution in [0, 0.1) is 0 Å². The molecule has 0 spiro atoms. The Kier molecular flexibility index (Phi) is 5.07. The molecule has 1 aromatic heterocycles. The molecule has 26 heavy (non-hydrogen) atoms. The average Bonchev–Trinajstić information content (AvgIpc) is 3.18. The highest BCUT2D eigenvalue weighted by molar-refractivity contribution is 5.93. The molecule has 0 aliphatic heterocycles. The lowest BCUT2D eigenvalue weighted by molar-refractivity contribution is 0.0279. The summed E-state index contributed by atoms with van der Waals surface area (Å²) in [6, 6.07) is 15.3. The molecule has 7 nitrogen and oxygen atoms in total. The Morgan fingerprint density at radius 2 is 1.54 bits per heavy atom. The molecule has 132 valence electrons. The summed E-state index contributed by atoms with van der Waals surface area (Å²) < 4.78 is 15.5. The van der Waals surface area contributed by atoms with E-state index in [0.717, 1.165) is 5.56 Å². The van der Waals surface area contributed by atoms with Crippen molar-refractivity contribution < 1.29 is 23.5 Å². The summed E-state index contributed by atoms with van der Waals surface area (Å²) in [7, 11) is 1.29. The molecular weight excluding hydrogens is 336 g/mol. The van der Waals surface area contributed by atoms with Gasteiger partial charge in [-0.25, -0.2) is 9.59 Å². The molecule has 0 unspecified atom stereocenters. The molecule has 0 bridgehead atoms. The van der Waals surface area contributed by atoms with Crippen molar-refractivity contribution >= 4 is 11.9 Å². The summed E-state index contributed by atoms with van der Waals surface area (Å²) in [5.41, 5.74) is 1.43. The number of aromatic nitrogens is 2. The minimum Gasteiger partial charge on any atom is -0.465 e. The number of carbonyl (C=O) groups excluding carboxylic acids is 2. The predicted molar refractivity (Wildman–Crippen MR) is 91.3 cm³/mol. The number of nitrogens with zero attached hydrogens (tertiary/aromatic N) is 2. The Morgan fingerprint density at radius 1 is 0.923 bits per heavy atom. The molecule has 1 heterocycles. The van der Waals surface area contributed by atoms with E-state index in [-0.39, 0.29) is 5.89 Å². The van der Waals surface area contributed by atoms with Gasteiger partial charge in [-0.05, 0) is 43.3 Å². The molecule has 0 saturated carbocycles. The van der Waals surface area contributed by atoms with Crippen molar-refractivity contribution in [2.75, 3.05) is 7.11 Å². The lowest BCUT2D eigenvalue weighted by Crippen LogP contribution is -2.10. The third-order valence-corrected chi connectivity index (χ3v) is 3.63. The van der Waals surface area contributed by atoms with E-state index < -0.39 is 18.0 Å². The third kappa shape index (κ3) is 3.77. The Balaban J connectivity index is 1.68. The fourth-order valence-electron chi connectivity index (χ4n) is 2.24. The topological polar surface area (TPSA) is 91.5 Å². The Hall–Kier alpha value is -3.48. The Labute approximate surface area is 149 Å². The van der Waals surface area contributed by atoms with Gasteiger partial charge in [0, 0.05) is 5.56 Å². The molecule has 3 rings (SSSR count). The maximum absolute atomic E-state index is 12.2. The average molecular weight is 352 g/mol. The number of rotatable bonds is 5. The van der Waals surface area contributed by atoms with Crippen molar-refractivity contribution in [3.8, 4) is 11.5 Å². The van der Waals surface area contributed by atoms with Gasteiger partial charge in [-0.2, -0.15) is 0 Å². The normalized spacial score (nSPS) is 11.6. The van der Waals surface area contributed by atoms with E-state index in [1.165, 1.54) is 31.4 Å². The third-order valence-electron chi connectivity index (χ3n) is 3.63. The van der Waals surface area contributed by atoms with Crippen LogP contribution in [0.25, 0.3) is 11.5 Å². The van der Waals surface area contributed by atoms with E-state index in [9.17, 15) is 9.59 Å². The highest BCUT2D eigenvalue weighted by atomic mass is 16.6. The molecule has 1 atom stereocenters. The zero-order valence-corrected chi connectivity index (χ0v) is 14.2. The van der Waals surface area contributed by atoms with E-state index in [2.05, 4.69) is 14.9 Å². The van der Waals surface area contributed by atoms with Crippen LogP contribution in [0.4, 0.5) is 0 Å². The summed E-state index contributed by atoms with van der Waals surface area (Å²) in [6.07, 6.45) is -0.715. The Bertz CT molecular complexity index is 903. The van der Waals surface area contributed by atoms with Gasteiger partial charge < -0.3 is 13.9 Å². The van der Waals surface area contributed by atoms with Crippen LogP contribution in [-0.4, -0.2) is 29.2 Å². The Morgan fingerprint density at radius 3 is 2.15 bits per heavy atom. The van der Waals surface area contributed by atoms with Crippen LogP contribution in [0.15, 0.2) is 59.0 Å². The maximum atomic E-state index is 12.2. The number of hydrogen-bond donors (Lipinski definition) is 0. The fourth-order valence-corrected chi connectivity index (χ4v) is 2.24. The molecule has 0 N–H and O–H groups in total. The van der Waals surface area contributed by atoms with Crippen LogP contribution in [0.1, 0.15) is 39.6 Å². The van der Waals surface area contributed by atoms with Gasteiger partial charge in [-0.15, -0.1) is 10.2 Å². The van der Waals surface area contributed by atoms with Crippen LogP contribution >= 0.6 is 0 Å². The standard InChI is InChI=1S/C19H16N2O5/c1-12(16-20-21-17(26-16)13-6-4-3-5-7-13)25-19(23)15-10-8-14(9-11-15)18(22)24-2/h3-12H,1-2H3/t12-/m1/s1. The maximum Gasteiger partial charge on any atom is 0.338 e. The van der Waals surface area contributed by atoms with Gasteiger partial charge in [0.15, 0.2) is 6.10 Å². The molecule has 0 amide bonds. The molecule has 2 aromatic carbocycles. The van der Waals surface area contributed by atoms with Gasteiger partial charge in [0.05, 0.1) is 18.2 Å². The van der Waals surface area contributed by atoms with Crippen molar-refractivity contribution in [3.63, 3.8) is 0 Å². The summed E-state index contributed by atoms with van der Waals surface area (Å²) in [5, 5.41) is 7.90. The van der Waals surface area contributed by atoms with Gasteiger partial charge >= 0.3 is 11.9 Å². The minimum absolute atomic E-state index is 0.198. The number of hydrogen-bond acceptors (Lipinski definition) is 7. The zero-order chi connectivity index (χ0) is 18.5. The molecule has 7 heteroatoms. The molecule has 0 saturated heterocycles. The number of methoxy groups -OCH3 is 1. The first-order valence-electron chi connectivity index (χ1n) is 7.86. The van der Waals surface area contributed by atoms with Crippen LogP contribution in [0.2, 0.25) is 0 Å². The van der Waals surface area contributed by atoms with Gasteiger partial charge in [-0.3, -0.25) is 0 Å². The number of benzene rings is 2. The highest BCUT2D eigenvalue weighted by Gasteiger charge is 2.20. The molecule has 0 fully saturated rings. The summed E-state index contributed by atoms with van der Waals surface area (Å²) >= 11 is 0. The van der Waals surface area contributed by atoms with Gasteiger partial charge in [0.1, 0.15) is 0 Å².